The molecule has 4 aromatic heterocycles. The van der Waals surface area contributed by atoms with Gasteiger partial charge >= 0.3 is 0 Å². The van der Waals surface area contributed by atoms with Gasteiger partial charge in [-0.15, -0.1) is 0 Å². The number of imidazole rings is 1. The molecule has 0 aliphatic carbocycles. The number of carbonyl (C=O) groups is 1. The molecule has 1 N–H and O–H groups in total. The van der Waals surface area contributed by atoms with Gasteiger partial charge in [0.15, 0.2) is 5.13 Å². The summed E-state index contributed by atoms with van der Waals surface area (Å²) in [6, 6.07) is 16.0. The van der Waals surface area contributed by atoms with Crippen molar-refractivity contribution in [1.29, 1.82) is 5.26 Å². The smallest absolute Gasteiger partial charge is 0.228 e. The summed E-state index contributed by atoms with van der Waals surface area (Å²) in [4.78, 5) is 30.8. The van der Waals surface area contributed by atoms with Crippen molar-refractivity contribution in [2.24, 2.45) is 0 Å². The lowest BCUT2D eigenvalue weighted by Gasteiger charge is -2.35. The molecule has 42 heavy (non-hydrogen) atoms. The summed E-state index contributed by atoms with van der Waals surface area (Å²) >= 11 is 1.27. The molecule has 0 saturated carbocycles. The van der Waals surface area contributed by atoms with Crippen LogP contribution in [-0.2, 0) is 17.6 Å². The SMILES string of the molecule is CCc1nc2ccc(-c3ccc(CC(=O)N4CC(O)C4)nc3C)cn2c1N(C)c1nc(-c2ccc(F)cc2)c(C#N)s1. The molecule has 5 heterocycles. The van der Waals surface area contributed by atoms with E-state index in [-0.39, 0.29) is 18.1 Å². The third kappa shape index (κ3) is 5.00. The Bertz CT molecular complexity index is 1850. The van der Waals surface area contributed by atoms with Gasteiger partial charge in [0.25, 0.3) is 0 Å². The number of aliphatic hydroxyl groups is 1. The molecule has 1 aromatic carbocycles. The van der Waals surface area contributed by atoms with Crippen LogP contribution in [0.3, 0.4) is 0 Å². The van der Waals surface area contributed by atoms with Crippen LogP contribution < -0.4 is 4.90 Å². The lowest BCUT2D eigenvalue weighted by molar-refractivity contribution is -0.140. The summed E-state index contributed by atoms with van der Waals surface area (Å²) < 4.78 is 15.5. The van der Waals surface area contributed by atoms with E-state index >= 15 is 0 Å². The molecule has 212 valence electrons. The zero-order valence-corrected chi connectivity index (χ0v) is 24.2. The Kier molecular flexibility index (Phi) is 7.18. The maximum absolute atomic E-state index is 13.5. The topological polar surface area (TPSA) is 111 Å². The second-order valence-corrected chi connectivity index (χ2v) is 11.3. The summed E-state index contributed by atoms with van der Waals surface area (Å²) in [6.45, 7) is 4.73. The second kappa shape index (κ2) is 11.0. The van der Waals surface area contributed by atoms with Crippen LogP contribution in [0, 0.1) is 24.1 Å². The number of aryl methyl sites for hydroxylation is 2. The first-order valence-electron chi connectivity index (χ1n) is 13.6. The Morgan fingerprint density at radius 2 is 1.86 bits per heavy atom. The molecule has 1 amide bonds. The summed E-state index contributed by atoms with van der Waals surface area (Å²) in [5, 5.41) is 19.9. The number of nitrogens with zero attached hydrogens (tertiary/aromatic N) is 7. The molecule has 1 aliphatic heterocycles. The number of amides is 1. The molecule has 1 fully saturated rings. The summed E-state index contributed by atoms with van der Waals surface area (Å²) in [6.07, 6.45) is 2.47. The average molecular weight is 582 g/mol. The number of aromatic nitrogens is 4. The maximum atomic E-state index is 13.5. The van der Waals surface area contributed by atoms with E-state index in [1.54, 1.807) is 17.0 Å². The van der Waals surface area contributed by atoms with Crippen LogP contribution in [0.25, 0.3) is 28.0 Å². The Balaban J connectivity index is 1.34. The Labute approximate surface area is 246 Å². The van der Waals surface area contributed by atoms with Gasteiger partial charge in [-0.2, -0.15) is 5.26 Å². The highest BCUT2D eigenvalue weighted by Crippen LogP contribution is 2.37. The number of β-amino-alcohol motifs (C(OH)–C–C–N with tert-alkyl or cyclic N) is 1. The van der Waals surface area contributed by atoms with E-state index in [0.29, 0.717) is 46.5 Å². The minimum absolute atomic E-state index is 0.0381. The van der Waals surface area contributed by atoms with Gasteiger partial charge in [-0.1, -0.05) is 24.3 Å². The highest BCUT2D eigenvalue weighted by molar-refractivity contribution is 7.16. The number of pyridine rings is 2. The normalized spacial score (nSPS) is 13.3. The number of carbonyl (C=O) groups excluding carboxylic acids is 1. The largest absolute Gasteiger partial charge is 0.389 e. The number of fused-ring (bicyclic) bond motifs is 1. The number of likely N-dealkylation sites (tertiary alicyclic amines) is 1. The Morgan fingerprint density at radius 1 is 1.12 bits per heavy atom. The first-order valence-corrected chi connectivity index (χ1v) is 14.4. The third-order valence-corrected chi connectivity index (χ3v) is 8.48. The fourth-order valence-electron chi connectivity index (χ4n) is 5.20. The van der Waals surface area contributed by atoms with Crippen molar-refractivity contribution in [1.82, 2.24) is 24.3 Å². The lowest BCUT2D eigenvalue weighted by Crippen LogP contribution is -2.54. The second-order valence-electron chi connectivity index (χ2n) is 10.3. The molecular formula is C31H28FN7O2S. The number of hydrogen-bond acceptors (Lipinski definition) is 8. The highest BCUT2D eigenvalue weighted by Gasteiger charge is 2.29. The molecule has 0 radical (unpaired) electrons. The van der Waals surface area contributed by atoms with E-state index in [1.165, 1.54) is 23.5 Å². The molecule has 1 aliphatic rings. The van der Waals surface area contributed by atoms with Gasteiger partial charge in [0.2, 0.25) is 5.91 Å². The first kappa shape index (κ1) is 27.5. The van der Waals surface area contributed by atoms with Crippen LogP contribution in [0.4, 0.5) is 15.3 Å². The highest BCUT2D eigenvalue weighted by atomic mass is 32.1. The first-order chi connectivity index (χ1) is 20.2. The standard InChI is InChI=1S/C31H28FN7O2S/c1-4-25-30(37(3)31-36-29(26(14-33)42-31)19-5-8-21(32)9-6-19)39-15-20(7-12-27(39)35-25)24-11-10-22(34-18(24)2)13-28(41)38-16-23(40)17-38/h5-12,15,23,40H,4,13,16-17H2,1-3H3. The van der Waals surface area contributed by atoms with Gasteiger partial charge in [0.05, 0.1) is 23.9 Å². The van der Waals surface area contributed by atoms with E-state index in [4.69, 9.17) is 15.0 Å². The lowest BCUT2D eigenvalue weighted by atomic mass is 10.0. The molecule has 1 saturated heterocycles. The van der Waals surface area contributed by atoms with Gasteiger partial charge in [-0.3, -0.25) is 14.2 Å². The third-order valence-electron chi connectivity index (χ3n) is 7.44. The van der Waals surface area contributed by atoms with Gasteiger partial charge < -0.3 is 14.9 Å². The fourth-order valence-corrected chi connectivity index (χ4v) is 6.05. The molecule has 0 bridgehead atoms. The number of rotatable bonds is 7. The van der Waals surface area contributed by atoms with Gasteiger partial charge in [0, 0.05) is 48.7 Å². The van der Waals surface area contributed by atoms with E-state index < -0.39 is 6.10 Å². The monoisotopic (exact) mass is 581 g/mol. The Hall–Kier alpha value is -4.66. The van der Waals surface area contributed by atoms with E-state index in [1.807, 2.05) is 60.7 Å². The van der Waals surface area contributed by atoms with Crippen molar-refractivity contribution in [2.75, 3.05) is 25.0 Å². The van der Waals surface area contributed by atoms with Gasteiger partial charge in [-0.05, 0) is 55.8 Å². The van der Waals surface area contributed by atoms with Crippen molar-refractivity contribution in [3.05, 3.63) is 82.5 Å². The predicted octanol–water partition coefficient (Wildman–Crippen LogP) is 4.91. The minimum atomic E-state index is -0.429. The van der Waals surface area contributed by atoms with Crippen LogP contribution in [0.15, 0.2) is 54.7 Å². The van der Waals surface area contributed by atoms with Crippen LogP contribution in [0.5, 0.6) is 0 Å². The fraction of sp³-hybridized carbons (Fsp3) is 0.258. The van der Waals surface area contributed by atoms with Crippen LogP contribution in [-0.4, -0.2) is 61.5 Å². The van der Waals surface area contributed by atoms with Crippen molar-refractivity contribution >= 4 is 33.8 Å². The van der Waals surface area contributed by atoms with Crippen molar-refractivity contribution < 1.29 is 14.3 Å². The van der Waals surface area contributed by atoms with E-state index in [0.717, 1.165) is 34.0 Å². The molecule has 11 heteroatoms. The molecule has 0 spiro atoms. The summed E-state index contributed by atoms with van der Waals surface area (Å²) in [5.74, 6) is 0.451. The zero-order chi connectivity index (χ0) is 29.5. The number of aliphatic hydroxyl groups excluding tert-OH is 1. The molecular weight excluding hydrogens is 553 g/mol. The van der Waals surface area contributed by atoms with E-state index in [2.05, 4.69) is 6.07 Å². The Morgan fingerprint density at radius 3 is 2.52 bits per heavy atom. The number of halogens is 1. The van der Waals surface area contributed by atoms with Crippen molar-refractivity contribution in [2.45, 2.75) is 32.8 Å². The van der Waals surface area contributed by atoms with Gasteiger partial charge in [-0.25, -0.2) is 14.4 Å². The van der Waals surface area contributed by atoms with E-state index in [9.17, 15) is 19.6 Å². The van der Waals surface area contributed by atoms with Crippen LogP contribution in [0.2, 0.25) is 0 Å². The number of benzene rings is 1. The molecule has 6 rings (SSSR count). The summed E-state index contributed by atoms with van der Waals surface area (Å²) in [7, 11) is 1.90. The van der Waals surface area contributed by atoms with Crippen molar-refractivity contribution in [3.8, 4) is 28.5 Å². The molecule has 0 atom stereocenters. The van der Waals surface area contributed by atoms with Crippen LogP contribution in [0.1, 0.15) is 28.9 Å². The zero-order valence-electron chi connectivity index (χ0n) is 23.4. The summed E-state index contributed by atoms with van der Waals surface area (Å²) in [5.41, 5.74) is 6.22. The average Bonchev–Trinajstić information content (AvgIpc) is 3.57. The number of thiazole rings is 1. The number of nitriles is 1. The number of hydrogen-bond donors (Lipinski definition) is 1. The minimum Gasteiger partial charge on any atom is -0.389 e. The predicted molar refractivity (Wildman–Crippen MR) is 159 cm³/mol. The molecule has 9 nitrogen and oxygen atoms in total. The van der Waals surface area contributed by atoms with Crippen molar-refractivity contribution in [3.63, 3.8) is 0 Å². The molecule has 0 unspecified atom stereocenters. The number of anilines is 2. The molecule has 5 aromatic rings. The quantitative estimate of drug-likeness (QED) is 0.291. The van der Waals surface area contributed by atoms with Gasteiger partial charge in [0.1, 0.15) is 33.9 Å². The van der Waals surface area contributed by atoms with Crippen LogP contribution >= 0.6 is 11.3 Å². The maximum Gasteiger partial charge on any atom is 0.228 e.